The summed E-state index contributed by atoms with van der Waals surface area (Å²) in [6.45, 7) is 6.36. The van der Waals surface area contributed by atoms with Crippen molar-refractivity contribution in [2.24, 2.45) is 4.99 Å². The maximum Gasteiger partial charge on any atom is 0.194 e. The third-order valence-electron chi connectivity index (χ3n) is 4.87. The maximum atomic E-state index is 10.3. The van der Waals surface area contributed by atoms with Crippen molar-refractivity contribution in [2.75, 3.05) is 39.4 Å². The van der Waals surface area contributed by atoms with Gasteiger partial charge in [0.1, 0.15) is 6.10 Å². The Morgan fingerprint density at radius 2 is 2.04 bits per heavy atom. The number of aliphatic imine (C=N–C) groups is 1. The highest BCUT2D eigenvalue weighted by atomic mass is 127. The van der Waals surface area contributed by atoms with Gasteiger partial charge in [-0.15, -0.1) is 24.0 Å². The van der Waals surface area contributed by atoms with E-state index in [2.05, 4.69) is 22.1 Å². The van der Waals surface area contributed by atoms with Crippen LogP contribution in [0.15, 0.2) is 35.3 Å². The van der Waals surface area contributed by atoms with E-state index in [0.717, 1.165) is 50.6 Å². The molecule has 1 aromatic rings. The lowest BCUT2D eigenvalue weighted by Crippen LogP contribution is -2.53. The normalized spacial score (nSPS) is 24.4. The summed E-state index contributed by atoms with van der Waals surface area (Å²) in [5.74, 6) is 0.853. The molecule has 3 atom stereocenters. The van der Waals surface area contributed by atoms with Gasteiger partial charge in [-0.25, -0.2) is 0 Å². The second-order valence-electron chi connectivity index (χ2n) is 6.94. The molecule has 27 heavy (non-hydrogen) atoms. The Morgan fingerprint density at radius 1 is 1.26 bits per heavy atom. The molecule has 2 N–H and O–H groups in total. The monoisotopic (exact) mass is 489 g/mol. The molecule has 6 nitrogen and oxygen atoms in total. The number of nitrogens with zero attached hydrogens (tertiary/aromatic N) is 2. The molecule has 0 radical (unpaired) electrons. The van der Waals surface area contributed by atoms with Crippen LogP contribution < -0.4 is 5.32 Å². The number of guanidine groups is 1. The summed E-state index contributed by atoms with van der Waals surface area (Å²) in [6.07, 6.45) is 2.62. The Kier molecular flexibility index (Phi) is 9.81. The highest BCUT2D eigenvalue weighted by Gasteiger charge is 2.32. The minimum Gasteiger partial charge on any atom is -0.391 e. The topological polar surface area (TPSA) is 66.3 Å². The van der Waals surface area contributed by atoms with Crippen LogP contribution in [-0.2, 0) is 15.9 Å². The smallest absolute Gasteiger partial charge is 0.194 e. The van der Waals surface area contributed by atoms with E-state index in [4.69, 9.17) is 9.47 Å². The van der Waals surface area contributed by atoms with Crippen molar-refractivity contribution in [3.8, 4) is 0 Å². The average Bonchev–Trinajstić information content (AvgIpc) is 3.21. The van der Waals surface area contributed by atoms with Crippen molar-refractivity contribution in [2.45, 2.75) is 44.5 Å². The Labute approximate surface area is 179 Å². The molecule has 3 rings (SSSR count). The number of hydrogen-bond donors (Lipinski definition) is 2. The molecule has 0 spiro atoms. The summed E-state index contributed by atoms with van der Waals surface area (Å²) in [5, 5.41) is 13.7. The molecule has 2 saturated heterocycles. The third kappa shape index (κ3) is 6.89. The lowest BCUT2D eigenvalue weighted by molar-refractivity contribution is -0.0817. The molecule has 0 amide bonds. The molecular formula is C20H32IN3O3. The Morgan fingerprint density at radius 3 is 2.74 bits per heavy atom. The minimum atomic E-state index is -0.485. The third-order valence-corrected chi connectivity index (χ3v) is 4.87. The van der Waals surface area contributed by atoms with Crippen molar-refractivity contribution in [1.82, 2.24) is 10.2 Å². The van der Waals surface area contributed by atoms with Gasteiger partial charge < -0.3 is 24.8 Å². The average molecular weight is 489 g/mol. The van der Waals surface area contributed by atoms with E-state index in [9.17, 15) is 5.11 Å². The number of morpholine rings is 1. The van der Waals surface area contributed by atoms with Crippen LogP contribution in [0.3, 0.4) is 0 Å². The van der Waals surface area contributed by atoms with E-state index in [1.165, 1.54) is 0 Å². The second kappa shape index (κ2) is 11.8. The first-order valence-corrected chi connectivity index (χ1v) is 9.74. The van der Waals surface area contributed by atoms with E-state index >= 15 is 0 Å². The summed E-state index contributed by atoms with van der Waals surface area (Å²) in [7, 11) is 0. The number of aliphatic hydroxyl groups excluding tert-OH is 1. The van der Waals surface area contributed by atoms with Crippen molar-refractivity contribution in [1.29, 1.82) is 0 Å². The van der Waals surface area contributed by atoms with Crippen LogP contribution in [0.25, 0.3) is 0 Å². The van der Waals surface area contributed by atoms with Gasteiger partial charge in [-0.05, 0) is 25.3 Å². The van der Waals surface area contributed by atoms with Gasteiger partial charge in [-0.1, -0.05) is 30.3 Å². The van der Waals surface area contributed by atoms with E-state index in [1.807, 2.05) is 30.3 Å². The quantitative estimate of drug-likeness (QED) is 0.364. The van der Waals surface area contributed by atoms with Gasteiger partial charge in [0.2, 0.25) is 0 Å². The first kappa shape index (κ1) is 22.4. The Bertz CT molecular complexity index is 567. The lowest BCUT2D eigenvalue weighted by atomic mass is 10.1. The number of hydrogen-bond acceptors (Lipinski definition) is 4. The predicted molar refractivity (Wildman–Crippen MR) is 118 cm³/mol. The number of nitrogens with one attached hydrogen (secondary N) is 1. The molecule has 2 heterocycles. The van der Waals surface area contributed by atoms with Crippen molar-refractivity contribution < 1.29 is 14.6 Å². The molecule has 3 unspecified atom stereocenters. The maximum absolute atomic E-state index is 10.3. The number of ether oxygens (including phenoxy) is 2. The van der Waals surface area contributed by atoms with Crippen LogP contribution in [0.4, 0.5) is 0 Å². The zero-order valence-electron chi connectivity index (χ0n) is 16.0. The fourth-order valence-electron chi connectivity index (χ4n) is 3.56. The Balaban J connectivity index is 0.00000261. The molecule has 2 aliphatic rings. The minimum absolute atomic E-state index is 0. The van der Waals surface area contributed by atoms with Gasteiger partial charge in [-0.3, -0.25) is 4.99 Å². The van der Waals surface area contributed by atoms with Crippen LogP contribution in [-0.4, -0.2) is 73.7 Å². The molecule has 0 bridgehead atoms. The first-order valence-electron chi connectivity index (χ1n) is 9.74. The highest BCUT2D eigenvalue weighted by Crippen LogP contribution is 2.21. The van der Waals surface area contributed by atoms with Crippen molar-refractivity contribution in [3.63, 3.8) is 0 Å². The van der Waals surface area contributed by atoms with Gasteiger partial charge >= 0.3 is 0 Å². The van der Waals surface area contributed by atoms with Gasteiger partial charge in [0.05, 0.1) is 25.4 Å². The van der Waals surface area contributed by atoms with Crippen LogP contribution >= 0.6 is 24.0 Å². The fraction of sp³-hybridized carbons (Fsp3) is 0.650. The molecule has 2 fully saturated rings. The number of aliphatic hydroxyl groups is 1. The molecule has 2 aliphatic heterocycles. The Hall–Kier alpha value is -0.900. The standard InChI is InChI=1S/C20H31N3O3.HI/c1-2-21-20(22-14-17(24)13-16-7-4-3-5-8-16)23-10-12-26-19(15-23)18-9-6-11-25-18;/h3-5,7-8,17-19,24H,2,6,9-15H2,1H3,(H,21,22);1H. The van der Waals surface area contributed by atoms with Crippen LogP contribution in [0.5, 0.6) is 0 Å². The van der Waals surface area contributed by atoms with Gasteiger partial charge in [0.15, 0.2) is 5.96 Å². The van der Waals surface area contributed by atoms with Crippen LogP contribution in [0.1, 0.15) is 25.3 Å². The van der Waals surface area contributed by atoms with Gasteiger partial charge in [-0.2, -0.15) is 0 Å². The molecule has 1 aromatic carbocycles. The van der Waals surface area contributed by atoms with Crippen molar-refractivity contribution in [3.05, 3.63) is 35.9 Å². The predicted octanol–water partition coefficient (Wildman–Crippen LogP) is 2.05. The molecular weight excluding hydrogens is 457 g/mol. The lowest BCUT2D eigenvalue weighted by Gasteiger charge is -2.37. The number of rotatable bonds is 6. The first-order chi connectivity index (χ1) is 12.8. The summed E-state index contributed by atoms with van der Waals surface area (Å²) in [4.78, 5) is 6.91. The molecule has 152 valence electrons. The number of halogens is 1. The molecule has 0 saturated carbocycles. The summed E-state index contributed by atoms with van der Waals surface area (Å²) in [6, 6.07) is 10.0. The van der Waals surface area contributed by atoms with E-state index in [0.29, 0.717) is 19.6 Å². The summed E-state index contributed by atoms with van der Waals surface area (Å²) >= 11 is 0. The zero-order chi connectivity index (χ0) is 18.2. The molecule has 7 heteroatoms. The second-order valence-corrected chi connectivity index (χ2v) is 6.94. The van der Waals surface area contributed by atoms with Crippen molar-refractivity contribution >= 4 is 29.9 Å². The number of benzene rings is 1. The fourth-order valence-corrected chi connectivity index (χ4v) is 3.56. The van der Waals surface area contributed by atoms with Crippen LogP contribution in [0.2, 0.25) is 0 Å². The SMILES string of the molecule is CCNC(=NCC(O)Cc1ccccc1)N1CCOC(C2CCCO2)C1.I. The highest BCUT2D eigenvalue weighted by molar-refractivity contribution is 14.0. The summed E-state index contributed by atoms with van der Waals surface area (Å²) < 4.78 is 11.7. The van der Waals surface area contributed by atoms with Gasteiger partial charge in [0.25, 0.3) is 0 Å². The van der Waals surface area contributed by atoms with Crippen LogP contribution in [0, 0.1) is 0 Å². The zero-order valence-corrected chi connectivity index (χ0v) is 18.4. The van der Waals surface area contributed by atoms with Gasteiger partial charge in [0, 0.05) is 32.7 Å². The summed E-state index contributed by atoms with van der Waals surface area (Å²) in [5.41, 5.74) is 1.13. The van der Waals surface area contributed by atoms with E-state index in [-0.39, 0.29) is 36.2 Å². The molecule has 0 aliphatic carbocycles. The largest absolute Gasteiger partial charge is 0.391 e. The van der Waals surface area contributed by atoms with E-state index < -0.39 is 6.10 Å². The molecule has 0 aromatic heterocycles. The van der Waals surface area contributed by atoms with E-state index in [1.54, 1.807) is 0 Å².